The highest BCUT2D eigenvalue weighted by molar-refractivity contribution is 5.66. The summed E-state index contributed by atoms with van der Waals surface area (Å²) in [4.78, 5) is 10.5. The highest BCUT2D eigenvalue weighted by Crippen LogP contribution is 2.18. The van der Waals surface area contributed by atoms with Crippen LogP contribution in [0, 0.1) is 0 Å². The van der Waals surface area contributed by atoms with Gasteiger partial charge in [-0.05, 0) is 32.4 Å². The van der Waals surface area contributed by atoms with Crippen LogP contribution in [-0.4, -0.2) is 24.2 Å². The van der Waals surface area contributed by atoms with E-state index in [1.54, 1.807) is 0 Å². The van der Waals surface area contributed by atoms with Gasteiger partial charge in [-0.2, -0.15) is 0 Å². The van der Waals surface area contributed by atoms with Gasteiger partial charge < -0.3 is 10.4 Å². The summed E-state index contributed by atoms with van der Waals surface area (Å²) in [6.07, 6.45) is 73.2. The summed E-state index contributed by atoms with van der Waals surface area (Å²) in [7, 11) is 0. The summed E-state index contributed by atoms with van der Waals surface area (Å²) in [5.41, 5.74) is 0. The molecule has 2 N–H and O–H groups in total. The molecule has 0 unspecified atom stereocenters. The van der Waals surface area contributed by atoms with Crippen molar-refractivity contribution in [1.29, 1.82) is 0 Å². The lowest BCUT2D eigenvalue weighted by Gasteiger charge is -2.05. The molecule has 0 saturated carbocycles. The molecule has 3 heteroatoms. The Labute approximate surface area is 373 Å². The van der Waals surface area contributed by atoms with Crippen LogP contribution in [0.25, 0.3) is 0 Å². The van der Waals surface area contributed by atoms with E-state index in [2.05, 4.69) is 12.2 Å². The molecule has 0 aromatic carbocycles. The number of aliphatic carboxylic acids is 1. The monoisotopic (exact) mass is 832 g/mol. The van der Waals surface area contributed by atoms with E-state index in [1.807, 2.05) is 0 Å². The number of unbranched alkanes of at least 4 members (excludes halogenated alkanes) is 49. The molecule has 0 heterocycles. The summed E-state index contributed by atoms with van der Waals surface area (Å²) in [5, 5.41) is 12.3. The Balaban J connectivity index is 3.06. The molecule has 0 saturated heterocycles. The van der Waals surface area contributed by atoms with Gasteiger partial charge in [0.05, 0.1) is 0 Å². The van der Waals surface area contributed by atoms with Gasteiger partial charge in [0.25, 0.3) is 0 Å². The van der Waals surface area contributed by atoms with E-state index in [4.69, 9.17) is 5.11 Å². The first-order valence-electron chi connectivity index (χ1n) is 28.2. The Kier molecular flexibility index (Phi) is 54.9. The highest BCUT2D eigenvalue weighted by Gasteiger charge is 2.00. The topological polar surface area (TPSA) is 49.3 Å². The maximum Gasteiger partial charge on any atom is 0.303 e. The lowest BCUT2D eigenvalue weighted by molar-refractivity contribution is -0.137. The molecule has 59 heavy (non-hydrogen) atoms. The smallest absolute Gasteiger partial charge is 0.303 e. The van der Waals surface area contributed by atoms with Gasteiger partial charge in [-0.25, -0.2) is 0 Å². The van der Waals surface area contributed by atoms with Gasteiger partial charge in [0, 0.05) is 6.42 Å². The van der Waals surface area contributed by atoms with Crippen LogP contribution in [-0.2, 0) is 4.79 Å². The molecule has 0 radical (unpaired) electrons. The van der Waals surface area contributed by atoms with Crippen LogP contribution >= 0.6 is 0 Å². The minimum atomic E-state index is -0.646. The van der Waals surface area contributed by atoms with Crippen LogP contribution < -0.4 is 5.32 Å². The van der Waals surface area contributed by atoms with Crippen LogP contribution in [0.15, 0.2) is 0 Å². The SMILES string of the molecule is CCCCCCNCCCCCCCCCCCCCCCCCCCCCCCCCCCCCCCCCCCCCCCCCCCCCCCCCC(=O)O. The largest absolute Gasteiger partial charge is 0.481 e. The van der Waals surface area contributed by atoms with Gasteiger partial charge in [-0.3, -0.25) is 4.79 Å². The number of carboxylic acid groups (broad SMARTS) is 1. The number of hydrogen-bond acceptors (Lipinski definition) is 2. The number of carboxylic acids is 1. The Hall–Kier alpha value is -0.570. The zero-order valence-electron chi connectivity index (χ0n) is 41.0. The second-order valence-electron chi connectivity index (χ2n) is 19.6. The highest BCUT2D eigenvalue weighted by atomic mass is 16.4. The van der Waals surface area contributed by atoms with E-state index >= 15 is 0 Å². The molecule has 0 aromatic rings. The Morgan fingerprint density at radius 3 is 0.576 bits per heavy atom. The Morgan fingerprint density at radius 1 is 0.254 bits per heavy atom. The van der Waals surface area contributed by atoms with Crippen molar-refractivity contribution >= 4 is 5.97 Å². The van der Waals surface area contributed by atoms with Gasteiger partial charge in [0.2, 0.25) is 0 Å². The molecule has 0 atom stereocenters. The second-order valence-corrected chi connectivity index (χ2v) is 19.6. The molecule has 0 spiro atoms. The van der Waals surface area contributed by atoms with E-state index < -0.39 is 5.97 Å². The second kappa shape index (κ2) is 55.4. The van der Waals surface area contributed by atoms with Crippen LogP contribution in [0.5, 0.6) is 0 Å². The lowest BCUT2D eigenvalue weighted by atomic mass is 10.0. The van der Waals surface area contributed by atoms with Crippen LogP contribution in [0.2, 0.25) is 0 Å². The standard InChI is InChI=1S/C56H113NO2/c1-2-3-4-51-54-57-55-52-49-47-45-43-41-39-37-35-33-31-29-27-25-23-21-19-17-15-13-11-9-7-5-6-8-10-12-14-16-18-20-22-24-26-28-30-32-34-36-38-40-42-44-46-48-50-53-56(58)59/h57H,2-55H2,1H3,(H,58,59). The number of rotatable bonds is 55. The molecular weight excluding hydrogens is 719 g/mol. The molecule has 0 aliphatic rings. The third-order valence-electron chi connectivity index (χ3n) is 13.5. The zero-order valence-corrected chi connectivity index (χ0v) is 41.0. The molecule has 0 fully saturated rings. The maximum absolute atomic E-state index is 10.5. The first-order chi connectivity index (χ1) is 29.3. The fraction of sp³-hybridized carbons (Fsp3) is 0.982. The number of hydrogen-bond donors (Lipinski definition) is 2. The van der Waals surface area contributed by atoms with Gasteiger partial charge in [0.1, 0.15) is 0 Å². The quantitative estimate of drug-likeness (QED) is 0.0600. The minimum Gasteiger partial charge on any atom is -0.481 e. The molecule has 0 amide bonds. The molecule has 0 aromatic heterocycles. The first-order valence-corrected chi connectivity index (χ1v) is 28.2. The Morgan fingerprint density at radius 2 is 0.407 bits per heavy atom. The molecule has 0 aliphatic heterocycles. The molecule has 0 rings (SSSR count). The molecule has 354 valence electrons. The van der Waals surface area contributed by atoms with Gasteiger partial charge in [-0.1, -0.05) is 315 Å². The van der Waals surface area contributed by atoms with Crippen molar-refractivity contribution < 1.29 is 9.90 Å². The van der Waals surface area contributed by atoms with Crippen molar-refractivity contribution in [3.63, 3.8) is 0 Å². The van der Waals surface area contributed by atoms with Crippen molar-refractivity contribution in [3.8, 4) is 0 Å². The third kappa shape index (κ3) is 57.4. The Bertz CT molecular complexity index is 739. The molecule has 0 bridgehead atoms. The van der Waals surface area contributed by atoms with Crippen molar-refractivity contribution in [2.75, 3.05) is 13.1 Å². The van der Waals surface area contributed by atoms with Crippen LogP contribution in [0.4, 0.5) is 0 Å². The zero-order chi connectivity index (χ0) is 42.5. The predicted molar refractivity (Wildman–Crippen MR) is 266 cm³/mol. The maximum atomic E-state index is 10.5. The summed E-state index contributed by atoms with van der Waals surface area (Å²) in [5.74, 6) is -0.646. The summed E-state index contributed by atoms with van der Waals surface area (Å²) >= 11 is 0. The summed E-state index contributed by atoms with van der Waals surface area (Å²) < 4.78 is 0. The molecular formula is C56H113NO2. The normalized spacial score (nSPS) is 11.6. The predicted octanol–water partition coefficient (Wildman–Crippen LogP) is 20.0. The summed E-state index contributed by atoms with van der Waals surface area (Å²) in [6.45, 7) is 4.76. The van der Waals surface area contributed by atoms with E-state index in [1.165, 1.54) is 328 Å². The van der Waals surface area contributed by atoms with Gasteiger partial charge in [0.15, 0.2) is 0 Å². The number of carbonyl (C=O) groups is 1. The first kappa shape index (κ1) is 58.4. The van der Waals surface area contributed by atoms with Crippen molar-refractivity contribution in [1.82, 2.24) is 5.32 Å². The van der Waals surface area contributed by atoms with Crippen molar-refractivity contribution in [2.45, 2.75) is 341 Å². The average molecular weight is 833 g/mol. The van der Waals surface area contributed by atoms with Crippen molar-refractivity contribution in [3.05, 3.63) is 0 Å². The average Bonchev–Trinajstić information content (AvgIpc) is 3.23. The van der Waals surface area contributed by atoms with E-state index in [0.717, 1.165) is 12.8 Å². The minimum absolute atomic E-state index is 0.347. The fourth-order valence-electron chi connectivity index (χ4n) is 9.28. The van der Waals surface area contributed by atoms with Gasteiger partial charge >= 0.3 is 5.97 Å². The van der Waals surface area contributed by atoms with Crippen LogP contribution in [0.1, 0.15) is 341 Å². The third-order valence-corrected chi connectivity index (χ3v) is 13.5. The molecule has 0 aliphatic carbocycles. The lowest BCUT2D eigenvalue weighted by Crippen LogP contribution is -2.16. The van der Waals surface area contributed by atoms with Crippen molar-refractivity contribution in [2.24, 2.45) is 0 Å². The summed E-state index contributed by atoms with van der Waals surface area (Å²) in [6, 6.07) is 0. The van der Waals surface area contributed by atoms with Crippen LogP contribution in [0.3, 0.4) is 0 Å². The molecule has 3 nitrogen and oxygen atoms in total. The van der Waals surface area contributed by atoms with E-state index in [9.17, 15) is 4.79 Å². The van der Waals surface area contributed by atoms with E-state index in [-0.39, 0.29) is 0 Å². The fourth-order valence-corrected chi connectivity index (χ4v) is 9.28. The van der Waals surface area contributed by atoms with E-state index in [0.29, 0.717) is 6.42 Å². The van der Waals surface area contributed by atoms with Gasteiger partial charge in [-0.15, -0.1) is 0 Å². The number of nitrogens with one attached hydrogen (secondary N) is 1.